The Morgan fingerprint density at radius 2 is 0.481 bits per heavy atom. The van der Waals surface area contributed by atoms with E-state index in [9.17, 15) is 14.4 Å². The molecule has 0 radical (unpaired) electrons. The molecule has 0 amide bonds. The van der Waals surface area contributed by atoms with Crippen molar-refractivity contribution in [3.8, 4) is 0 Å². The van der Waals surface area contributed by atoms with Crippen LogP contribution in [0.25, 0.3) is 0 Å². The van der Waals surface area contributed by atoms with E-state index in [1.807, 2.05) is 0 Å². The summed E-state index contributed by atoms with van der Waals surface area (Å²) in [6, 6.07) is 0. The average Bonchev–Trinajstić information content (AvgIpc) is 3.47. The standard InChI is InChI=1S/C75H140O6/c1-4-7-10-13-16-19-22-25-28-31-33-34-35-36-37-38-39-40-41-42-45-47-50-53-56-59-62-65-68-74(77)80-71-72(70-79-73(76)67-64-61-58-55-52-49-46-43-30-27-24-21-18-15-12-9-6-3)81-75(78)69-66-63-60-57-54-51-48-44-32-29-26-23-20-17-14-11-8-5-2/h9,12,18,21,27,30,72H,4-8,10-11,13-17,19-20,22-26,28-29,31-71H2,1-3H3/b12-9-,21-18-,30-27-. The first kappa shape index (κ1) is 78.6. The highest BCUT2D eigenvalue weighted by Gasteiger charge is 2.19. The van der Waals surface area contributed by atoms with Gasteiger partial charge < -0.3 is 14.2 Å². The van der Waals surface area contributed by atoms with Crippen LogP contribution in [0.4, 0.5) is 0 Å². The minimum atomic E-state index is -0.774. The number of hydrogen-bond acceptors (Lipinski definition) is 6. The van der Waals surface area contributed by atoms with Crippen LogP contribution in [0.3, 0.4) is 0 Å². The molecular weight excluding hydrogens is 997 g/mol. The molecule has 6 heteroatoms. The van der Waals surface area contributed by atoms with E-state index >= 15 is 0 Å². The molecule has 0 fully saturated rings. The van der Waals surface area contributed by atoms with Crippen molar-refractivity contribution in [3.05, 3.63) is 36.5 Å². The molecule has 0 spiro atoms. The maximum absolute atomic E-state index is 13.0. The average molecular weight is 1140 g/mol. The number of rotatable bonds is 68. The number of unbranched alkanes of at least 4 members (excludes halogenated alkanes) is 51. The van der Waals surface area contributed by atoms with E-state index in [4.69, 9.17) is 14.2 Å². The maximum atomic E-state index is 13.0. The Balaban J connectivity index is 4.22. The molecular formula is C75H140O6. The van der Waals surface area contributed by atoms with Crippen LogP contribution in [0.15, 0.2) is 36.5 Å². The molecule has 0 heterocycles. The second-order valence-electron chi connectivity index (χ2n) is 24.8. The van der Waals surface area contributed by atoms with Gasteiger partial charge in [-0.05, 0) is 51.4 Å². The first-order valence-corrected chi connectivity index (χ1v) is 36.5. The zero-order valence-corrected chi connectivity index (χ0v) is 54.8. The van der Waals surface area contributed by atoms with Crippen LogP contribution in [-0.4, -0.2) is 37.2 Å². The smallest absolute Gasteiger partial charge is 0.306 e. The van der Waals surface area contributed by atoms with Gasteiger partial charge in [-0.1, -0.05) is 372 Å². The third-order valence-corrected chi connectivity index (χ3v) is 16.7. The van der Waals surface area contributed by atoms with Gasteiger partial charge in [0.05, 0.1) is 0 Å². The maximum Gasteiger partial charge on any atom is 0.306 e. The summed E-state index contributed by atoms with van der Waals surface area (Å²) in [5, 5.41) is 0. The van der Waals surface area contributed by atoms with Crippen LogP contribution >= 0.6 is 0 Å². The number of esters is 3. The molecule has 0 saturated heterocycles. The predicted octanol–water partition coefficient (Wildman–Crippen LogP) is 25.1. The molecule has 1 atom stereocenters. The van der Waals surface area contributed by atoms with Gasteiger partial charge in [-0.2, -0.15) is 0 Å². The molecule has 0 aliphatic carbocycles. The Bertz CT molecular complexity index is 1350. The number of allylic oxidation sites excluding steroid dienone is 6. The molecule has 0 saturated carbocycles. The van der Waals surface area contributed by atoms with Crippen molar-refractivity contribution in [2.45, 2.75) is 412 Å². The quantitative estimate of drug-likeness (QED) is 0.0261. The van der Waals surface area contributed by atoms with Gasteiger partial charge in [0.2, 0.25) is 0 Å². The zero-order valence-electron chi connectivity index (χ0n) is 54.8. The Morgan fingerprint density at radius 1 is 0.259 bits per heavy atom. The van der Waals surface area contributed by atoms with Crippen LogP contribution in [0.5, 0.6) is 0 Å². The van der Waals surface area contributed by atoms with E-state index < -0.39 is 6.10 Å². The van der Waals surface area contributed by atoms with Gasteiger partial charge in [0.25, 0.3) is 0 Å². The van der Waals surface area contributed by atoms with Crippen LogP contribution in [0.2, 0.25) is 0 Å². The molecule has 1 unspecified atom stereocenters. The topological polar surface area (TPSA) is 78.9 Å². The van der Waals surface area contributed by atoms with Gasteiger partial charge in [0.15, 0.2) is 6.10 Å². The van der Waals surface area contributed by atoms with Crippen molar-refractivity contribution >= 4 is 17.9 Å². The van der Waals surface area contributed by atoms with E-state index in [0.29, 0.717) is 19.3 Å². The normalized spacial score (nSPS) is 12.2. The van der Waals surface area contributed by atoms with E-state index in [1.165, 1.54) is 283 Å². The van der Waals surface area contributed by atoms with Crippen molar-refractivity contribution in [3.63, 3.8) is 0 Å². The first-order valence-electron chi connectivity index (χ1n) is 36.5. The van der Waals surface area contributed by atoms with Crippen LogP contribution in [0.1, 0.15) is 406 Å². The number of carbonyl (C=O) groups is 3. The van der Waals surface area contributed by atoms with Crippen LogP contribution in [0, 0.1) is 0 Å². The van der Waals surface area contributed by atoms with Crippen molar-refractivity contribution in [1.82, 2.24) is 0 Å². The van der Waals surface area contributed by atoms with Crippen molar-refractivity contribution in [2.75, 3.05) is 13.2 Å². The molecule has 476 valence electrons. The summed E-state index contributed by atoms with van der Waals surface area (Å²) < 4.78 is 17.0. The van der Waals surface area contributed by atoms with Crippen molar-refractivity contribution < 1.29 is 28.6 Å². The third kappa shape index (κ3) is 68.3. The second-order valence-corrected chi connectivity index (χ2v) is 24.8. The minimum Gasteiger partial charge on any atom is -0.462 e. The predicted molar refractivity (Wildman–Crippen MR) is 353 cm³/mol. The Kier molecular flexibility index (Phi) is 68.1. The lowest BCUT2D eigenvalue weighted by Crippen LogP contribution is -2.30. The zero-order chi connectivity index (χ0) is 58.5. The summed E-state index contributed by atoms with van der Waals surface area (Å²) in [6.45, 7) is 6.61. The number of ether oxygens (including phenoxy) is 3. The van der Waals surface area contributed by atoms with E-state index in [-0.39, 0.29) is 31.1 Å². The molecule has 0 N–H and O–H groups in total. The van der Waals surface area contributed by atoms with Gasteiger partial charge in [-0.15, -0.1) is 0 Å². The van der Waals surface area contributed by atoms with Crippen molar-refractivity contribution in [2.24, 2.45) is 0 Å². The molecule has 0 aliphatic rings. The SMILES string of the molecule is CC/C=C\C/C=C\C/C=C\CCCCCCCCCC(=O)OCC(COC(=O)CCCCCCCCCCCCCCCCCCCCCCCCCCCCCC)OC(=O)CCCCCCCCCCCCCCCCCCCC. The summed E-state index contributed by atoms with van der Waals surface area (Å²) in [7, 11) is 0. The lowest BCUT2D eigenvalue weighted by atomic mass is 10.0. The molecule has 6 nitrogen and oxygen atoms in total. The third-order valence-electron chi connectivity index (χ3n) is 16.7. The van der Waals surface area contributed by atoms with Gasteiger partial charge in [-0.3, -0.25) is 14.4 Å². The summed E-state index contributed by atoms with van der Waals surface area (Å²) in [5.74, 6) is -0.847. The lowest BCUT2D eigenvalue weighted by Gasteiger charge is -2.18. The highest BCUT2D eigenvalue weighted by molar-refractivity contribution is 5.71. The fourth-order valence-corrected chi connectivity index (χ4v) is 11.2. The van der Waals surface area contributed by atoms with Crippen LogP contribution < -0.4 is 0 Å². The molecule has 81 heavy (non-hydrogen) atoms. The molecule has 0 bridgehead atoms. The molecule has 0 rings (SSSR count). The summed E-state index contributed by atoms with van der Waals surface area (Å²) in [5.41, 5.74) is 0. The Morgan fingerprint density at radius 3 is 0.753 bits per heavy atom. The molecule has 0 aliphatic heterocycles. The van der Waals surface area contributed by atoms with E-state index in [1.54, 1.807) is 0 Å². The summed E-state index contributed by atoms with van der Waals surface area (Å²) >= 11 is 0. The number of carbonyl (C=O) groups excluding carboxylic acids is 3. The highest BCUT2D eigenvalue weighted by atomic mass is 16.6. The number of hydrogen-bond donors (Lipinski definition) is 0. The first-order chi connectivity index (χ1) is 40.0. The molecule has 0 aromatic carbocycles. The fourth-order valence-electron chi connectivity index (χ4n) is 11.2. The Hall–Kier alpha value is -2.37. The van der Waals surface area contributed by atoms with Gasteiger partial charge in [0.1, 0.15) is 13.2 Å². The largest absolute Gasteiger partial charge is 0.462 e. The van der Waals surface area contributed by atoms with Gasteiger partial charge >= 0.3 is 17.9 Å². The lowest BCUT2D eigenvalue weighted by molar-refractivity contribution is -0.167. The minimum absolute atomic E-state index is 0.0692. The highest BCUT2D eigenvalue weighted by Crippen LogP contribution is 2.19. The van der Waals surface area contributed by atoms with E-state index in [2.05, 4.69) is 57.2 Å². The summed E-state index contributed by atoms with van der Waals surface area (Å²) in [4.78, 5) is 38.5. The summed E-state index contributed by atoms with van der Waals surface area (Å²) in [6.07, 6.45) is 87.6. The van der Waals surface area contributed by atoms with Crippen LogP contribution in [-0.2, 0) is 28.6 Å². The Labute approximate surface area is 506 Å². The van der Waals surface area contributed by atoms with Gasteiger partial charge in [-0.25, -0.2) is 0 Å². The molecule has 0 aromatic heterocycles. The van der Waals surface area contributed by atoms with Gasteiger partial charge in [0, 0.05) is 19.3 Å². The van der Waals surface area contributed by atoms with E-state index in [0.717, 1.165) is 83.5 Å². The fraction of sp³-hybridized carbons (Fsp3) is 0.880. The monoisotopic (exact) mass is 1140 g/mol. The second kappa shape index (κ2) is 70.1. The van der Waals surface area contributed by atoms with Crippen molar-refractivity contribution in [1.29, 1.82) is 0 Å². The molecule has 0 aromatic rings.